The molecule has 1 fully saturated rings. The van der Waals surface area contributed by atoms with E-state index in [1.165, 1.54) is 0 Å². The second-order valence-electron chi connectivity index (χ2n) is 7.00. The predicted molar refractivity (Wildman–Crippen MR) is 110 cm³/mol. The Morgan fingerprint density at radius 1 is 1.14 bits per heavy atom. The molecule has 7 heteroatoms. The van der Waals surface area contributed by atoms with E-state index in [1.54, 1.807) is 29.1 Å². The zero-order valence-electron chi connectivity index (χ0n) is 15.8. The minimum Gasteiger partial charge on any atom is -0.393 e. The average molecular weight is 387 g/mol. The van der Waals surface area contributed by atoms with Gasteiger partial charge in [0.2, 0.25) is 0 Å². The molecule has 0 unspecified atom stereocenters. The third kappa shape index (κ3) is 4.13. The molecule has 3 aromatic rings. The number of aliphatic hydroxyl groups is 1. The summed E-state index contributed by atoms with van der Waals surface area (Å²) in [7, 11) is 0. The second kappa shape index (κ2) is 8.17. The Morgan fingerprint density at radius 2 is 1.90 bits per heavy atom. The van der Waals surface area contributed by atoms with Crippen LogP contribution in [0.3, 0.4) is 0 Å². The molecular formula is C22H21N5O2. The number of piperidine rings is 1. The molecule has 146 valence electrons. The number of benzene rings is 2. The van der Waals surface area contributed by atoms with E-state index in [4.69, 9.17) is 0 Å². The summed E-state index contributed by atoms with van der Waals surface area (Å²) >= 11 is 0. The van der Waals surface area contributed by atoms with Crippen LogP contribution in [0.2, 0.25) is 0 Å². The van der Waals surface area contributed by atoms with Crippen molar-refractivity contribution in [3.8, 4) is 11.8 Å². The van der Waals surface area contributed by atoms with Crippen LogP contribution in [-0.2, 0) is 0 Å². The first-order chi connectivity index (χ1) is 14.1. The molecule has 1 aliphatic heterocycles. The first-order valence-corrected chi connectivity index (χ1v) is 9.53. The smallest absolute Gasteiger partial charge is 0.276 e. The Morgan fingerprint density at radius 3 is 2.62 bits per heavy atom. The van der Waals surface area contributed by atoms with Gasteiger partial charge in [-0.3, -0.25) is 4.79 Å². The van der Waals surface area contributed by atoms with E-state index < -0.39 is 0 Å². The van der Waals surface area contributed by atoms with E-state index in [0.717, 1.165) is 11.4 Å². The van der Waals surface area contributed by atoms with Gasteiger partial charge in [0.05, 0.1) is 23.0 Å². The minimum atomic E-state index is -0.336. The molecule has 0 spiro atoms. The van der Waals surface area contributed by atoms with Crippen molar-refractivity contribution >= 4 is 17.3 Å². The highest BCUT2D eigenvalue weighted by atomic mass is 16.3. The maximum absolute atomic E-state index is 12.6. The van der Waals surface area contributed by atoms with E-state index >= 15 is 0 Å². The molecule has 2 aromatic carbocycles. The lowest BCUT2D eigenvalue weighted by molar-refractivity contribution is 0.102. The fourth-order valence-corrected chi connectivity index (χ4v) is 3.45. The number of para-hydroxylation sites is 1. The number of nitriles is 1. The fourth-order valence-electron chi connectivity index (χ4n) is 3.45. The Labute approximate surface area is 168 Å². The molecule has 7 nitrogen and oxygen atoms in total. The molecule has 0 saturated carbocycles. The van der Waals surface area contributed by atoms with Gasteiger partial charge >= 0.3 is 0 Å². The second-order valence-corrected chi connectivity index (χ2v) is 7.00. The number of anilines is 2. The van der Waals surface area contributed by atoms with Crippen LogP contribution in [-0.4, -0.2) is 40.0 Å². The van der Waals surface area contributed by atoms with Crippen LogP contribution in [0.5, 0.6) is 0 Å². The van der Waals surface area contributed by atoms with Crippen molar-refractivity contribution in [2.45, 2.75) is 18.9 Å². The van der Waals surface area contributed by atoms with Crippen molar-refractivity contribution in [3.63, 3.8) is 0 Å². The van der Waals surface area contributed by atoms with Gasteiger partial charge in [-0.15, -0.1) is 0 Å². The molecule has 0 aliphatic carbocycles. The Kier molecular flexibility index (Phi) is 5.27. The SMILES string of the molecule is N#Cc1cc(NC(=O)c2ccn(-c3ccccc3)n2)ccc1N1CCC(O)CC1. The quantitative estimate of drug-likeness (QED) is 0.718. The average Bonchev–Trinajstić information content (AvgIpc) is 3.25. The zero-order chi connectivity index (χ0) is 20.2. The summed E-state index contributed by atoms with van der Waals surface area (Å²) in [4.78, 5) is 14.7. The Hall–Kier alpha value is -3.63. The van der Waals surface area contributed by atoms with E-state index in [0.29, 0.717) is 42.9 Å². The van der Waals surface area contributed by atoms with Crippen molar-refractivity contribution < 1.29 is 9.90 Å². The maximum Gasteiger partial charge on any atom is 0.276 e. The van der Waals surface area contributed by atoms with Crippen molar-refractivity contribution in [2.75, 3.05) is 23.3 Å². The lowest BCUT2D eigenvalue weighted by Gasteiger charge is -2.32. The molecule has 1 aromatic heterocycles. The molecule has 4 rings (SSSR count). The highest BCUT2D eigenvalue weighted by molar-refractivity contribution is 6.03. The number of hydrogen-bond donors (Lipinski definition) is 2. The number of nitrogens with zero attached hydrogens (tertiary/aromatic N) is 4. The lowest BCUT2D eigenvalue weighted by Crippen LogP contribution is -2.36. The largest absolute Gasteiger partial charge is 0.393 e. The number of carbonyl (C=O) groups is 1. The molecule has 0 atom stereocenters. The van der Waals surface area contributed by atoms with Gasteiger partial charge in [0, 0.05) is 25.0 Å². The van der Waals surface area contributed by atoms with Crippen LogP contribution in [0.15, 0.2) is 60.8 Å². The minimum absolute atomic E-state index is 0.272. The molecule has 1 amide bonds. The molecule has 1 aliphatic rings. The van der Waals surface area contributed by atoms with E-state index in [1.807, 2.05) is 36.4 Å². The number of rotatable bonds is 4. The van der Waals surface area contributed by atoms with Crippen molar-refractivity contribution in [3.05, 3.63) is 72.1 Å². The first-order valence-electron chi connectivity index (χ1n) is 9.53. The van der Waals surface area contributed by atoms with Gasteiger partial charge < -0.3 is 15.3 Å². The Balaban J connectivity index is 1.49. The lowest BCUT2D eigenvalue weighted by atomic mass is 10.0. The summed E-state index contributed by atoms with van der Waals surface area (Å²) in [6, 6.07) is 18.7. The first kappa shape index (κ1) is 18.7. The molecule has 29 heavy (non-hydrogen) atoms. The highest BCUT2D eigenvalue weighted by Crippen LogP contribution is 2.27. The van der Waals surface area contributed by atoms with Gasteiger partial charge in [-0.1, -0.05) is 18.2 Å². The molecule has 2 N–H and O–H groups in total. The van der Waals surface area contributed by atoms with Crippen LogP contribution >= 0.6 is 0 Å². The highest BCUT2D eigenvalue weighted by Gasteiger charge is 2.20. The summed E-state index contributed by atoms with van der Waals surface area (Å²) in [6.45, 7) is 1.41. The molecule has 2 heterocycles. The summed E-state index contributed by atoms with van der Waals surface area (Å²) in [5, 5.41) is 26.4. The topological polar surface area (TPSA) is 94.2 Å². The number of amides is 1. The van der Waals surface area contributed by atoms with Crippen LogP contribution < -0.4 is 10.2 Å². The van der Waals surface area contributed by atoms with Gasteiger partial charge in [-0.2, -0.15) is 10.4 Å². The van der Waals surface area contributed by atoms with E-state index in [2.05, 4.69) is 21.4 Å². The number of aliphatic hydroxyl groups excluding tert-OH is 1. The molecular weight excluding hydrogens is 366 g/mol. The van der Waals surface area contributed by atoms with Gasteiger partial charge in [-0.05, 0) is 49.2 Å². The number of hydrogen-bond acceptors (Lipinski definition) is 5. The third-order valence-corrected chi connectivity index (χ3v) is 5.02. The van der Waals surface area contributed by atoms with Crippen molar-refractivity contribution in [1.29, 1.82) is 5.26 Å². The summed E-state index contributed by atoms with van der Waals surface area (Å²) in [6.07, 6.45) is 2.84. The third-order valence-electron chi connectivity index (χ3n) is 5.02. The maximum atomic E-state index is 12.6. The van der Waals surface area contributed by atoms with Gasteiger partial charge in [0.15, 0.2) is 5.69 Å². The number of carbonyl (C=O) groups excluding carboxylic acids is 1. The Bertz CT molecular complexity index is 1050. The normalized spacial score (nSPS) is 14.4. The standard InChI is InChI=1S/C22H21N5O2/c23-15-16-14-17(6-7-21(16)26-11-8-19(28)9-12-26)24-22(29)20-10-13-27(25-20)18-4-2-1-3-5-18/h1-7,10,13-14,19,28H,8-9,11-12H2,(H,24,29). The molecule has 1 saturated heterocycles. The zero-order valence-corrected chi connectivity index (χ0v) is 15.8. The van der Waals surface area contributed by atoms with Gasteiger partial charge in [0.25, 0.3) is 5.91 Å². The molecule has 0 bridgehead atoms. The van der Waals surface area contributed by atoms with Crippen LogP contribution in [0.25, 0.3) is 5.69 Å². The van der Waals surface area contributed by atoms with Crippen molar-refractivity contribution in [1.82, 2.24) is 9.78 Å². The van der Waals surface area contributed by atoms with Crippen LogP contribution in [0.4, 0.5) is 11.4 Å². The van der Waals surface area contributed by atoms with E-state index in [-0.39, 0.29) is 12.0 Å². The molecule has 0 radical (unpaired) electrons. The predicted octanol–water partition coefficient (Wildman–Crippen LogP) is 2.96. The van der Waals surface area contributed by atoms with Crippen LogP contribution in [0.1, 0.15) is 28.9 Å². The fraction of sp³-hybridized carbons (Fsp3) is 0.227. The summed E-state index contributed by atoms with van der Waals surface area (Å²) in [5.41, 5.74) is 3.03. The number of nitrogens with one attached hydrogen (secondary N) is 1. The van der Waals surface area contributed by atoms with Gasteiger partial charge in [0.1, 0.15) is 6.07 Å². The summed E-state index contributed by atoms with van der Waals surface area (Å²) in [5.74, 6) is -0.336. The van der Waals surface area contributed by atoms with Crippen molar-refractivity contribution in [2.24, 2.45) is 0 Å². The summed E-state index contributed by atoms with van der Waals surface area (Å²) < 4.78 is 1.64. The number of aromatic nitrogens is 2. The monoisotopic (exact) mass is 387 g/mol. The van der Waals surface area contributed by atoms with E-state index in [9.17, 15) is 15.2 Å². The van der Waals surface area contributed by atoms with Crippen LogP contribution in [0, 0.1) is 11.3 Å². The van der Waals surface area contributed by atoms with Gasteiger partial charge in [-0.25, -0.2) is 4.68 Å².